The Labute approximate surface area is 210 Å². The molecule has 1 amide bonds. The zero-order valence-electron chi connectivity index (χ0n) is 19.8. The number of rotatable bonds is 5. The lowest BCUT2D eigenvalue weighted by Crippen LogP contribution is -2.21. The predicted octanol–water partition coefficient (Wildman–Crippen LogP) is 5.21. The number of alkyl halides is 1. The standard InChI is InChI=1S/C25H25ClF2N6O2/c1-32(2)24-22(28)21(26)20(15-10-29-34(23(15)24)19-5-3-4-8-36-19)13-6-7-18-30-17(12-33(18)11-13)31-25(35)14-9-16(14)27/h6-7,10-12,14,16,19H,3-5,8-9H2,1-2H3,(H,31,35)/t14-,16+,19?/m1/s1. The molecule has 1 aromatic carbocycles. The number of nitrogens with zero attached hydrogens (tertiary/aromatic N) is 5. The van der Waals surface area contributed by atoms with Gasteiger partial charge in [-0.15, -0.1) is 0 Å². The molecule has 2 fully saturated rings. The second-order valence-electron chi connectivity index (χ2n) is 9.58. The maximum atomic E-state index is 15.8. The summed E-state index contributed by atoms with van der Waals surface area (Å²) in [6.45, 7) is 0.634. The third-order valence-corrected chi connectivity index (χ3v) is 7.18. The van der Waals surface area contributed by atoms with Crippen molar-refractivity contribution < 1.29 is 18.3 Å². The van der Waals surface area contributed by atoms with E-state index in [0.717, 1.165) is 19.3 Å². The number of benzene rings is 1. The van der Waals surface area contributed by atoms with E-state index >= 15 is 4.39 Å². The molecule has 3 atom stereocenters. The molecule has 2 aliphatic rings. The van der Waals surface area contributed by atoms with Gasteiger partial charge in [0, 0.05) is 43.4 Å². The first-order valence-corrected chi connectivity index (χ1v) is 12.3. The summed E-state index contributed by atoms with van der Waals surface area (Å²) in [5.41, 5.74) is 2.71. The maximum absolute atomic E-state index is 15.8. The number of hydrogen-bond acceptors (Lipinski definition) is 5. The number of ether oxygens (including phenoxy) is 1. The molecule has 11 heteroatoms. The minimum atomic E-state index is -1.09. The van der Waals surface area contributed by atoms with Gasteiger partial charge in [-0.1, -0.05) is 11.6 Å². The van der Waals surface area contributed by atoms with Crippen LogP contribution in [0.5, 0.6) is 0 Å². The Hall–Kier alpha value is -3.24. The minimum absolute atomic E-state index is 0.00831. The van der Waals surface area contributed by atoms with Gasteiger partial charge < -0.3 is 19.4 Å². The van der Waals surface area contributed by atoms with Crippen molar-refractivity contribution in [2.45, 2.75) is 38.1 Å². The molecular formula is C25H25ClF2N6O2. The number of hydrogen-bond donors (Lipinski definition) is 1. The number of fused-ring (bicyclic) bond motifs is 2. The van der Waals surface area contributed by atoms with Crippen LogP contribution in [0, 0.1) is 11.7 Å². The lowest BCUT2D eigenvalue weighted by atomic mass is 10.0. The molecule has 36 heavy (non-hydrogen) atoms. The quantitative estimate of drug-likeness (QED) is 0.396. The van der Waals surface area contributed by atoms with Crippen molar-refractivity contribution in [2.75, 3.05) is 30.9 Å². The monoisotopic (exact) mass is 514 g/mol. The van der Waals surface area contributed by atoms with Crippen LogP contribution in [0.2, 0.25) is 5.02 Å². The Morgan fingerprint density at radius 1 is 1.28 bits per heavy atom. The van der Waals surface area contributed by atoms with Gasteiger partial charge in [0.15, 0.2) is 17.9 Å². The molecule has 1 N–H and O–H groups in total. The summed E-state index contributed by atoms with van der Waals surface area (Å²) in [5.74, 6) is -1.20. The van der Waals surface area contributed by atoms with Crippen molar-refractivity contribution in [3.05, 3.63) is 41.6 Å². The third kappa shape index (κ3) is 3.79. The summed E-state index contributed by atoms with van der Waals surface area (Å²) >= 11 is 6.64. The van der Waals surface area contributed by atoms with E-state index in [0.29, 0.717) is 45.8 Å². The number of carbonyl (C=O) groups is 1. The first kappa shape index (κ1) is 23.2. The van der Waals surface area contributed by atoms with Gasteiger partial charge in [0.2, 0.25) is 5.91 Å². The number of halogens is 3. The van der Waals surface area contributed by atoms with Crippen LogP contribution in [0.1, 0.15) is 31.9 Å². The number of nitrogens with one attached hydrogen (secondary N) is 1. The van der Waals surface area contributed by atoms with E-state index in [1.54, 1.807) is 58.8 Å². The highest BCUT2D eigenvalue weighted by molar-refractivity contribution is 6.36. The van der Waals surface area contributed by atoms with Gasteiger partial charge in [-0.05, 0) is 37.8 Å². The summed E-state index contributed by atoms with van der Waals surface area (Å²) in [6.07, 6.45) is 6.79. The molecular weight excluding hydrogens is 490 g/mol. The van der Waals surface area contributed by atoms with Crippen LogP contribution in [0.25, 0.3) is 27.7 Å². The van der Waals surface area contributed by atoms with Gasteiger partial charge in [-0.25, -0.2) is 18.4 Å². The number of imidazole rings is 1. The Bertz CT molecular complexity index is 1490. The molecule has 6 rings (SSSR count). The second kappa shape index (κ2) is 8.70. The first-order valence-electron chi connectivity index (χ1n) is 11.9. The maximum Gasteiger partial charge on any atom is 0.231 e. The van der Waals surface area contributed by atoms with Crippen LogP contribution in [0.4, 0.5) is 20.3 Å². The molecule has 0 radical (unpaired) electrons. The number of carbonyl (C=O) groups excluding carboxylic acids is 1. The molecule has 1 saturated carbocycles. The normalized spacial score (nSPS) is 21.8. The van der Waals surface area contributed by atoms with Crippen molar-refractivity contribution in [1.29, 1.82) is 0 Å². The van der Waals surface area contributed by atoms with Gasteiger partial charge in [-0.2, -0.15) is 5.10 Å². The highest BCUT2D eigenvalue weighted by atomic mass is 35.5. The topological polar surface area (TPSA) is 76.7 Å². The zero-order valence-corrected chi connectivity index (χ0v) is 20.6. The Balaban J connectivity index is 1.46. The fourth-order valence-electron chi connectivity index (χ4n) is 4.90. The van der Waals surface area contributed by atoms with Crippen molar-refractivity contribution in [2.24, 2.45) is 5.92 Å². The van der Waals surface area contributed by atoms with E-state index in [9.17, 15) is 9.18 Å². The minimum Gasteiger partial charge on any atom is -0.373 e. The van der Waals surface area contributed by atoms with Crippen molar-refractivity contribution in [3.63, 3.8) is 0 Å². The van der Waals surface area contributed by atoms with Crippen LogP contribution >= 0.6 is 11.6 Å². The SMILES string of the molecule is CN(C)c1c(F)c(Cl)c(-c2ccc3nc(NC(=O)[C@@H]4C[C@@H]4F)cn3c2)c2cnn(C3CCCCO3)c12. The van der Waals surface area contributed by atoms with E-state index in [2.05, 4.69) is 15.4 Å². The first-order chi connectivity index (χ1) is 17.3. The fourth-order valence-corrected chi connectivity index (χ4v) is 5.20. The highest BCUT2D eigenvalue weighted by Crippen LogP contribution is 2.44. The van der Waals surface area contributed by atoms with Crippen molar-refractivity contribution >= 4 is 45.6 Å². The molecule has 1 unspecified atom stereocenters. The number of amides is 1. The van der Waals surface area contributed by atoms with Crippen LogP contribution in [0.3, 0.4) is 0 Å². The molecule has 8 nitrogen and oxygen atoms in total. The average molecular weight is 515 g/mol. The highest BCUT2D eigenvalue weighted by Gasteiger charge is 2.43. The molecule has 1 aliphatic carbocycles. The molecule has 0 spiro atoms. The molecule has 0 bridgehead atoms. The van der Waals surface area contributed by atoms with Gasteiger partial charge in [-0.3, -0.25) is 4.79 Å². The molecule has 4 heterocycles. The Morgan fingerprint density at radius 3 is 2.78 bits per heavy atom. The molecule has 3 aromatic heterocycles. The van der Waals surface area contributed by atoms with E-state index < -0.39 is 17.9 Å². The van der Waals surface area contributed by atoms with Crippen molar-refractivity contribution in [1.82, 2.24) is 19.2 Å². The predicted molar refractivity (Wildman–Crippen MR) is 134 cm³/mol. The molecule has 1 aliphatic heterocycles. The van der Waals surface area contributed by atoms with E-state index in [4.69, 9.17) is 16.3 Å². The van der Waals surface area contributed by atoms with Crippen LogP contribution < -0.4 is 10.2 Å². The lowest BCUT2D eigenvalue weighted by molar-refractivity contribution is -0.117. The van der Waals surface area contributed by atoms with Gasteiger partial charge >= 0.3 is 0 Å². The lowest BCUT2D eigenvalue weighted by Gasteiger charge is -2.26. The van der Waals surface area contributed by atoms with Gasteiger partial charge in [0.05, 0.1) is 28.9 Å². The summed E-state index contributed by atoms with van der Waals surface area (Å²) in [5, 5.41) is 7.96. The third-order valence-electron chi connectivity index (χ3n) is 6.83. The van der Waals surface area contributed by atoms with E-state index in [1.807, 2.05) is 0 Å². The van der Waals surface area contributed by atoms with E-state index in [-0.39, 0.29) is 23.6 Å². The van der Waals surface area contributed by atoms with Crippen LogP contribution in [0.15, 0.2) is 30.7 Å². The second-order valence-corrected chi connectivity index (χ2v) is 9.95. The number of anilines is 2. The molecule has 4 aromatic rings. The van der Waals surface area contributed by atoms with Gasteiger partial charge in [0.1, 0.15) is 17.5 Å². The molecule has 188 valence electrons. The zero-order chi connectivity index (χ0) is 25.1. The summed E-state index contributed by atoms with van der Waals surface area (Å²) < 4.78 is 38.4. The summed E-state index contributed by atoms with van der Waals surface area (Å²) in [4.78, 5) is 18.2. The fraction of sp³-hybridized carbons (Fsp3) is 0.400. The number of aromatic nitrogens is 4. The summed E-state index contributed by atoms with van der Waals surface area (Å²) in [7, 11) is 3.54. The number of pyridine rings is 1. The Kier molecular flexibility index (Phi) is 5.60. The largest absolute Gasteiger partial charge is 0.373 e. The van der Waals surface area contributed by atoms with Crippen LogP contribution in [-0.2, 0) is 9.53 Å². The molecule has 1 saturated heterocycles. The smallest absolute Gasteiger partial charge is 0.231 e. The van der Waals surface area contributed by atoms with Crippen molar-refractivity contribution in [3.8, 4) is 11.1 Å². The summed E-state index contributed by atoms with van der Waals surface area (Å²) in [6, 6.07) is 3.56. The van der Waals surface area contributed by atoms with Crippen LogP contribution in [-0.4, -0.2) is 51.9 Å². The average Bonchev–Trinajstić information content (AvgIpc) is 3.25. The van der Waals surface area contributed by atoms with E-state index in [1.165, 1.54) is 0 Å². The van der Waals surface area contributed by atoms with Gasteiger partial charge in [0.25, 0.3) is 0 Å². The Morgan fingerprint density at radius 2 is 2.08 bits per heavy atom.